The third-order valence-corrected chi connectivity index (χ3v) is 3.31. The number of carbonyl (C=O) groups excluding carboxylic acids is 1. The Labute approximate surface area is 87.5 Å². The predicted molar refractivity (Wildman–Crippen MR) is 59.2 cm³/mol. The first kappa shape index (κ1) is 11.7. The maximum absolute atomic E-state index is 11.6. The van der Waals surface area contributed by atoms with Crippen molar-refractivity contribution in [2.75, 3.05) is 13.1 Å². The standard InChI is InChI=1S/C12H23NO/c1-9(2)12(14)7-10(3)11-5-4-6-13-8-11/h9-11,13H,4-8H2,1-3H3. The van der Waals surface area contributed by atoms with E-state index in [1.807, 2.05) is 13.8 Å². The number of hydrogen-bond donors (Lipinski definition) is 1. The summed E-state index contributed by atoms with van der Waals surface area (Å²) >= 11 is 0. The van der Waals surface area contributed by atoms with Crippen molar-refractivity contribution < 1.29 is 4.79 Å². The monoisotopic (exact) mass is 197 g/mol. The number of Topliss-reactive ketones (excluding diaryl/α,β-unsaturated/α-hetero) is 1. The van der Waals surface area contributed by atoms with Crippen molar-refractivity contribution in [3.63, 3.8) is 0 Å². The van der Waals surface area contributed by atoms with E-state index in [0.29, 0.717) is 17.6 Å². The van der Waals surface area contributed by atoms with Crippen molar-refractivity contribution in [3.05, 3.63) is 0 Å². The van der Waals surface area contributed by atoms with Gasteiger partial charge in [-0.15, -0.1) is 0 Å². The molecule has 0 amide bonds. The fourth-order valence-electron chi connectivity index (χ4n) is 2.08. The smallest absolute Gasteiger partial charge is 0.135 e. The van der Waals surface area contributed by atoms with Crippen LogP contribution in [-0.2, 0) is 4.79 Å². The van der Waals surface area contributed by atoms with E-state index in [1.54, 1.807) is 0 Å². The lowest BCUT2D eigenvalue weighted by molar-refractivity contribution is -0.123. The van der Waals surface area contributed by atoms with E-state index >= 15 is 0 Å². The first-order valence-corrected chi connectivity index (χ1v) is 5.84. The maximum Gasteiger partial charge on any atom is 0.135 e. The molecule has 0 saturated carbocycles. The topological polar surface area (TPSA) is 29.1 Å². The Morgan fingerprint density at radius 3 is 2.64 bits per heavy atom. The van der Waals surface area contributed by atoms with Gasteiger partial charge in [0.2, 0.25) is 0 Å². The van der Waals surface area contributed by atoms with Crippen molar-refractivity contribution in [2.24, 2.45) is 17.8 Å². The molecule has 2 heteroatoms. The summed E-state index contributed by atoms with van der Waals surface area (Å²) in [6.07, 6.45) is 3.33. The Bertz CT molecular complexity index is 183. The molecule has 2 nitrogen and oxygen atoms in total. The number of ketones is 1. The third kappa shape index (κ3) is 3.41. The number of piperidine rings is 1. The second-order valence-corrected chi connectivity index (χ2v) is 4.91. The molecule has 1 aliphatic rings. The second-order valence-electron chi connectivity index (χ2n) is 4.91. The molecule has 0 radical (unpaired) electrons. The van der Waals surface area contributed by atoms with Gasteiger partial charge in [0.1, 0.15) is 5.78 Å². The van der Waals surface area contributed by atoms with E-state index in [-0.39, 0.29) is 5.92 Å². The molecule has 0 aromatic rings. The summed E-state index contributed by atoms with van der Waals surface area (Å²) in [6, 6.07) is 0. The molecule has 0 aliphatic carbocycles. The van der Waals surface area contributed by atoms with E-state index in [0.717, 1.165) is 19.5 Å². The van der Waals surface area contributed by atoms with Gasteiger partial charge in [0, 0.05) is 12.3 Å². The van der Waals surface area contributed by atoms with Gasteiger partial charge in [-0.05, 0) is 37.8 Å². The molecule has 0 aromatic carbocycles. The Morgan fingerprint density at radius 1 is 1.43 bits per heavy atom. The van der Waals surface area contributed by atoms with Crippen LogP contribution in [-0.4, -0.2) is 18.9 Å². The summed E-state index contributed by atoms with van der Waals surface area (Å²) in [5.41, 5.74) is 0. The number of rotatable bonds is 4. The third-order valence-electron chi connectivity index (χ3n) is 3.31. The van der Waals surface area contributed by atoms with Crippen molar-refractivity contribution >= 4 is 5.78 Å². The molecule has 1 fully saturated rings. The molecule has 1 saturated heterocycles. The highest BCUT2D eigenvalue weighted by Crippen LogP contribution is 2.23. The summed E-state index contributed by atoms with van der Waals surface area (Å²) in [5, 5.41) is 3.41. The van der Waals surface area contributed by atoms with Crippen LogP contribution in [0.5, 0.6) is 0 Å². The number of hydrogen-bond acceptors (Lipinski definition) is 2. The zero-order valence-corrected chi connectivity index (χ0v) is 9.68. The van der Waals surface area contributed by atoms with Crippen LogP contribution in [0.25, 0.3) is 0 Å². The van der Waals surface area contributed by atoms with Gasteiger partial charge < -0.3 is 5.32 Å². The van der Waals surface area contributed by atoms with Gasteiger partial charge in [-0.3, -0.25) is 4.79 Å². The molecule has 1 heterocycles. The fraction of sp³-hybridized carbons (Fsp3) is 0.917. The Kier molecular flexibility index (Phi) is 4.59. The Hall–Kier alpha value is -0.370. The lowest BCUT2D eigenvalue weighted by Gasteiger charge is -2.28. The highest BCUT2D eigenvalue weighted by Gasteiger charge is 2.22. The minimum Gasteiger partial charge on any atom is -0.316 e. The zero-order valence-electron chi connectivity index (χ0n) is 9.68. The Morgan fingerprint density at radius 2 is 2.14 bits per heavy atom. The minimum absolute atomic E-state index is 0.203. The normalized spacial score (nSPS) is 25.0. The van der Waals surface area contributed by atoms with Crippen molar-refractivity contribution in [2.45, 2.75) is 40.0 Å². The van der Waals surface area contributed by atoms with Crippen LogP contribution in [0.15, 0.2) is 0 Å². The molecule has 0 aromatic heterocycles. The van der Waals surface area contributed by atoms with Gasteiger partial charge >= 0.3 is 0 Å². The Balaban J connectivity index is 2.32. The summed E-state index contributed by atoms with van der Waals surface area (Å²) in [7, 11) is 0. The molecule has 0 bridgehead atoms. The van der Waals surface area contributed by atoms with E-state index in [1.165, 1.54) is 12.8 Å². The van der Waals surface area contributed by atoms with Gasteiger partial charge in [0.15, 0.2) is 0 Å². The van der Waals surface area contributed by atoms with Crippen molar-refractivity contribution in [3.8, 4) is 0 Å². The van der Waals surface area contributed by atoms with Crippen LogP contribution in [0, 0.1) is 17.8 Å². The van der Waals surface area contributed by atoms with Gasteiger partial charge in [0.25, 0.3) is 0 Å². The van der Waals surface area contributed by atoms with Gasteiger partial charge in [-0.1, -0.05) is 20.8 Å². The SMILES string of the molecule is CC(C)C(=O)CC(C)C1CCCNC1. The largest absolute Gasteiger partial charge is 0.316 e. The van der Waals surface area contributed by atoms with Gasteiger partial charge in [0.05, 0.1) is 0 Å². The summed E-state index contributed by atoms with van der Waals surface area (Å²) in [6.45, 7) is 8.47. The van der Waals surface area contributed by atoms with Gasteiger partial charge in [-0.25, -0.2) is 0 Å². The molecule has 0 spiro atoms. The first-order chi connectivity index (χ1) is 6.61. The van der Waals surface area contributed by atoms with E-state index in [2.05, 4.69) is 12.2 Å². The summed E-state index contributed by atoms with van der Waals surface area (Å²) < 4.78 is 0. The van der Waals surface area contributed by atoms with E-state index in [4.69, 9.17) is 0 Å². The lowest BCUT2D eigenvalue weighted by Crippen LogP contribution is -2.34. The molecule has 82 valence electrons. The molecule has 2 unspecified atom stereocenters. The molecule has 14 heavy (non-hydrogen) atoms. The lowest BCUT2D eigenvalue weighted by atomic mass is 9.83. The van der Waals surface area contributed by atoms with Crippen LogP contribution in [0.2, 0.25) is 0 Å². The molecular weight excluding hydrogens is 174 g/mol. The van der Waals surface area contributed by atoms with Crippen LogP contribution >= 0.6 is 0 Å². The number of nitrogens with one attached hydrogen (secondary N) is 1. The second kappa shape index (κ2) is 5.50. The molecule has 2 atom stereocenters. The number of carbonyl (C=O) groups is 1. The van der Waals surface area contributed by atoms with Crippen LogP contribution < -0.4 is 5.32 Å². The first-order valence-electron chi connectivity index (χ1n) is 5.84. The van der Waals surface area contributed by atoms with E-state index < -0.39 is 0 Å². The van der Waals surface area contributed by atoms with Gasteiger partial charge in [-0.2, -0.15) is 0 Å². The average Bonchev–Trinajstić information content (AvgIpc) is 2.19. The average molecular weight is 197 g/mol. The quantitative estimate of drug-likeness (QED) is 0.749. The maximum atomic E-state index is 11.6. The molecule has 1 N–H and O–H groups in total. The summed E-state index contributed by atoms with van der Waals surface area (Å²) in [5.74, 6) is 1.89. The summed E-state index contributed by atoms with van der Waals surface area (Å²) in [4.78, 5) is 11.6. The predicted octanol–water partition coefficient (Wildman–Crippen LogP) is 2.24. The van der Waals surface area contributed by atoms with Crippen molar-refractivity contribution in [1.29, 1.82) is 0 Å². The fourth-order valence-corrected chi connectivity index (χ4v) is 2.08. The van der Waals surface area contributed by atoms with E-state index in [9.17, 15) is 4.79 Å². The molecule has 1 aliphatic heterocycles. The zero-order chi connectivity index (χ0) is 10.6. The van der Waals surface area contributed by atoms with Crippen molar-refractivity contribution in [1.82, 2.24) is 5.32 Å². The molecular formula is C12H23NO. The van der Waals surface area contributed by atoms with Crippen LogP contribution in [0.3, 0.4) is 0 Å². The minimum atomic E-state index is 0.203. The van der Waals surface area contributed by atoms with Crippen LogP contribution in [0.4, 0.5) is 0 Å². The highest BCUT2D eigenvalue weighted by molar-refractivity contribution is 5.80. The molecule has 1 rings (SSSR count). The highest BCUT2D eigenvalue weighted by atomic mass is 16.1. The van der Waals surface area contributed by atoms with Crippen LogP contribution in [0.1, 0.15) is 40.0 Å².